The van der Waals surface area contributed by atoms with Gasteiger partial charge < -0.3 is 10.2 Å². The van der Waals surface area contributed by atoms with Crippen molar-refractivity contribution in [2.75, 3.05) is 0 Å². The molecule has 0 aliphatic heterocycles. The third kappa shape index (κ3) is 7.05. The molecule has 0 spiro atoms. The number of unbranched alkanes of at least 4 members (excludes halogenated alkanes) is 4. The minimum absolute atomic E-state index is 0.738. The van der Waals surface area contributed by atoms with Gasteiger partial charge in [0.1, 0.15) is 6.10 Å². The highest BCUT2D eigenvalue weighted by molar-refractivity contribution is 5.31. The molecule has 0 rings (SSSR count). The van der Waals surface area contributed by atoms with E-state index in [0.29, 0.717) is 0 Å². The van der Waals surface area contributed by atoms with Crippen LogP contribution in [-0.4, -0.2) is 21.9 Å². The van der Waals surface area contributed by atoms with Gasteiger partial charge >= 0.3 is 0 Å². The second-order valence-corrected chi connectivity index (χ2v) is 4.25. The molecule has 0 bridgehead atoms. The van der Waals surface area contributed by atoms with E-state index < -0.39 is 11.7 Å². The second kappa shape index (κ2) is 9.11. The molecular weight excluding hydrogens is 212 g/mol. The number of aliphatic hydroxyl groups excluding tert-OH is 1. The molecule has 0 saturated heterocycles. The lowest BCUT2D eigenvalue weighted by Gasteiger charge is -2.18. The Kier molecular flexibility index (Phi) is 8.60. The van der Waals surface area contributed by atoms with Gasteiger partial charge in [0, 0.05) is 12.8 Å². The minimum Gasteiger partial charge on any atom is -0.388 e. The molecule has 0 aromatic carbocycles. The van der Waals surface area contributed by atoms with Gasteiger partial charge in [0.05, 0.1) is 0 Å². The number of hydrogen-bond donors (Lipinski definition) is 2. The molecule has 0 aliphatic rings. The average molecular weight is 236 g/mol. The van der Waals surface area contributed by atoms with Crippen molar-refractivity contribution < 1.29 is 10.2 Å². The first-order valence-corrected chi connectivity index (χ1v) is 6.47. The molecular formula is C15H24O2. The van der Waals surface area contributed by atoms with Crippen molar-refractivity contribution >= 4 is 0 Å². The van der Waals surface area contributed by atoms with Crippen LogP contribution >= 0.6 is 0 Å². The first-order chi connectivity index (χ1) is 8.06. The lowest BCUT2D eigenvalue weighted by Crippen LogP contribution is -2.37. The summed E-state index contributed by atoms with van der Waals surface area (Å²) < 4.78 is 0. The van der Waals surface area contributed by atoms with E-state index in [2.05, 4.69) is 37.5 Å². The summed E-state index contributed by atoms with van der Waals surface area (Å²) in [6.07, 6.45) is 4.68. The molecule has 0 aromatic heterocycles. The Morgan fingerprint density at radius 1 is 1.00 bits per heavy atom. The molecule has 17 heavy (non-hydrogen) atoms. The predicted octanol–water partition coefficient (Wildman–Crippen LogP) is 2.49. The van der Waals surface area contributed by atoms with Crippen LogP contribution in [0.15, 0.2) is 0 Å². The van der Waals surface area contributed by atoms with Crippen molar-refractivity contribution in [3.8, 4) is 23.7 Å². The second-order valence-electron chi connectivity index (χ2n) is 4.25. The van der Waals surface area contributed by atoms with E-state index in [4.69, 9.17) is 0 Å². The Bertz CT molecular complexity index is 283. The van der Waals surface area contributed by atoms with Crippen LogP contribution < -0.4 is 0 Å². The third-order valence-corrected chi connectivity index (χ3v) is 2.47. The summed E-state index contributed by atoms with van der Waals surface area (Å²) in [6, 6.07) is 0. The molecule has 96 valence electrons. The number of aliphatic hydroxyl groups is 2. The van der Waals surface area contributed by atoms with Crippen molar-refractivity contribution in [1.82, 2.24) is 0 Å². The smallest absolute Gasteiger partial charge is 0.213 e. The summed E-state index contributed by atoms with van der Waals surface area (Å²) >= 11 is 0. The first kappa shape index (κ1) is 16.0. The van der Waals surface area contributed by atoms with E-state index in [-0.39, 0.29) is 0 Å². The lowest BCUT2D eigenvalue weighted by molar-refractivity contribution is 0.0200. The lowest BCUT2D eigenvalue weighted by atomic mass is 9.98. The van der Waals surface area contributed by atoms with Crippen LogP contribution in [0.2, 0.25) is 0 Å². The number of rotatable bonds is 5. The molecule has 2 N–H and O–H groups in total. The predicted molar refractivity (Wildman–Crippen MR) is 71.2 cm³/mol. The maximum Gasteiger partial charge on any atom is 0.213 e. The van der Waals surface area contributed by atoms with Crippen molar-refractivity contribution in [3.63, 3.8) is 0 Å². The fraction of sp³-hybridized carbons (Fsp3) is 0.733. The van der Waals surface area contributed by atoms with Crippen molar-refractivity contribution in [2.45, 2.75) is 71.0 Å². The van der Waals surface area contributed by atoms with Crippen molar-refractivity contribution in [3.05, 3.63) is 0 Å². The summed E-state index contributed by atoms with van der Waals surface area (Å²) in [7, 11) is 0. The molecule has 0 unspecified atom stereocenters. The molecule has 0 amide bonds. The molecule has 2 heteroatoms. The van der Waals surface area contributed by atoms with Crippen LogP contribution in [0.4, 0.5) is 0 Å². The van der Waals surface area contributed by atoms with Gasteiger partial charge in [-0.25, -0.2) is 0 Å². The van der Waals surface area contributed by atoms with Crippen LogP contribution in [-0.2, 0) is 0 Å². The monoisotopic (exact) mass is 236 g/mol. The van der Waals surface area contributed by atoms with Crippen molar-refractivity contribution in [1.29, 1.82) is 0 Å². The quantitative estimate of drug-likeness (QED) is 0.569. The fourth-order valence-electron chi connectivity index (χ4n) is 1.16. The van der Waals surface area contributed by atoms with Crippen LogP contribution in [0.3, 0.4) is 0 Å². The van der Waals surface area contributed by atoms with E-state index in [9.17, 15) is 10.2 Å². The van der Waals surface area contributed by atoms with Crippen LogP contribution in [0, 0.1) is 23.7 Å². The van der Waals surface area contributed by atoms with Crippen LogP contribution in [0.1, 0.15) is 59.3 Å². The van der Waals surface area contributed by atoms with Gasteiger partial charge in [-0.05, 0) is 19.8 Å². The molecule has 0 radical (unpaired) electrons. The van der Waals surface area contributed by atoms with Gasteiger partial charge in [0.15, 0.2) is 0 Å². The molecule has 0 heterocycles. The van der Waals surface area contributed by atoms with Crippen LogP contribution in [0.5, 0.6) is 0 Å². The van der Waals surface area contributed by atoms with Gasteiger partial charge in [0.2, 0.25) is 5.60 Å². The van der Waals surface area contributed by atoms with E-state index in [1.54, 1.807) is 0 Å². The summed E-state index contributed by atoms with van der Waals surface area (Å²) in [6.45, 7) is 5.70. The standard InChI is InChI=1S/C15H24O2/c1-4-6-8-10-12-15(17,14(3)16)13-11-9-7-5-2/h14,16-17H,4-9H2,1-3H3/t14-/m0/s1. The maximum absolute atomic E-state index is 10.1. The highest BCUT2D eigenvalue weighted by atomic mass is 16.3. The van der Waals surface area contributed by atoms with E-state index in [0.717, 1.165) is 38.5 Å². The zero-order valence-electron chi connectivity index (χ0n) is 11.2. The largest absolute Gasteiger partial charge is 0.388 e. The van der Waals surface area contributed by atoms with E-state index in [1.807, 2.05) is 0 Å². The highest BCUT2D eigenvalue weighted by Crippen LogP contribution is 2.09. The van der Waals surface area contributed by atoms with Crippen LogP contribution in [0.25, 0.3) is 0 Å². The van der Waals surface area contributed by atoms with Gasteiger partial charge in [-0.1, -0.05) is 50.4 Å². The van der Waals surface area contributed by atoms with Gasteiger partial charge in [-0.15, -0.1) is 0 Å². The Balaban J connectivity index is 4.52. The minimum atomic E-state index is -1.57. The van der Waals surface area contributed by atoms with Crippen molar-refractivity contribution in [2.24, 2.45) is 0 Å². The van der Waals surface area contributed by atoms with E-state index >= 15 is 0 Å². The Morgan fingerprint density at radius 3 is 1.71 bits per heavy atom. The highest BCUT2D eigenvalue weighted by Gasteiger charge is 2.27. The summed E-state index contributed by atoms with van der Waals surface area (Å²) in [5.41, 5.74) is -1.57. The topological polar surface area (TPSA) is 40.5 Å². The molecule has 2 nitrogen and oxygen atoms in total. The summed E-state index contributed by atoms with van der Waals surface area (Å²) in [5, 5.41) is 19.6. The molecule has 0 aliphatic carbocycles. The van der Waals surface area contributed by atoms with Gasteiger partial charge in [0.25, 0.3) is 0 Å². The van der Waals surface area contributed by atoms with Gasteiger partial charge in [-0.3, -0.25) is 0 Å². The Morgan fingerprint density at radius 2 is 1.41 bits per heavy atom. The zero-order chi connectivity index (χ0) is 13.1. The molecule has 0 aromatic rings. The molecule has 1 atom stereocenters. The SMILES string of the molecule is CCCCC#CC(O)(C#CCCCC)[C@H](C)O. The summed E-state index contributed by atoms with van der Waals surface area (Å²) in [5.74, 6) is 11.2. The number of hydrogen-bond acceptors (Lipinski definition) is 2. The van der Waals surface area contributed by atoms with E-state index in [1.165, 1.54) is 6.92 Å². The average Bonchev–Trinajstić information content (AvgIpc) is 2.30. The van der Waals surface area contributed by atoms with Gasteiger partial charge in [-0.2, -0.15) is 0 Å². The molecule has 0 fully saturated rings. The fourth-order valence-corrected chi connectivity index (χ4v) is 1.16. The normalized spacial score (nSPS) is 12.1. The Labute approximate surface area is 105 Å². The zero-order valence-corrected chi connectivity index (χ0v) is 11.2. The first-order valence-electron chi connectivity index (χ1n) is 6.47. The maximum atomic E-state index is 10.1. The summed E-state index contributed by atoms with van der Waals surface area (Å²) in [4.78, 5) is 0. The third-order valence-electron chi connectivity index (χ3n) is 2.47. The Hall–Kier alpha value is -0.960. The molecule has 0 saturated carbocycles.